The fourth-order valence-corrected chi connectivity index (χ4v) is 3.98. The molecule has 7 heteroatoms. The summed E-state index contributed by atoms with van der Waals surface area (Å²) in [7, 11) is 0. The van der Waals surface area contributed by atoms with Crippen LogP contribution in [0.4, 0.5) is 5.69 Å². The summed E-state index contributed by atoms with van der Waals surface area (Å²) in [6.07, 6.45) is 5.43. The van der Waals surface area contributed by atoms with Crippen molar-refractivity contribution in [3.05, 3.63) is 18.6 Å². The highest BCUT2D eigenvalue weighted by Gasteiger charge is 2.43. The Morgan fingerprint density at radius 2 is 2.04 bits per heavy atom. The molecule has 1 aromatic heterocycles. The molecule has 0 bridgehead atoms. The molecule has 3 fully saturated rings. The maximum absolute atomic E-state index is 12.3. The molecular formula is C18H26N2O5. The predicted octanol–water partition coefficient (Wildman–Crippen LogP) is 1.14. The first-order valence-electron chi connectivity index (χ1n) is 9.08. The third kappa shape index (κ3) is 3.89. The Bertz CT molecular complexity index is 572. The first-order chi connectivity index (χ1) is 12.2. The summed E-state index contributed by atoms with van der Waals surface area (Å²) in [4.78, 5) is 16.5. The molecule has 1 atom stereocenters. The Balaban J connectivity index is 1.46. The van der Waals surface area contributed by atoms with Crippen molar-refractivity contribution in [2.45, 2.75) is 18.4 Å². The van der Waals surface area contributed by atoms with Crippen LogP contribution < -0.4 is 4.90 Å². The van der Waals surface area contributed by atoms with Gasteiger partial charge in [0.25, 0.3) is 5.91 Å². The maximum Gasteiger partial charge on any atom is 0.253 e. The van der Waals surface area contributed by atoms with Gasteiger partial charge in [-0.1, -0.05) is 0 Å². The van der Waals surface area contributed by atoms with Crippen LogP contribution in [-0.2, 0) is 19.0 Å². The number of anilines is 1. The van der Waals surface area contributed by atoms with E-state index in [4.69, 9.17) is 18.6 Å². The van der Waals surface area contributed by atoms with E-state index in [1.54, 1.807) is 17.4 Å². The fraction of sp³-hybridized carbons (Fsp3) is 0.722. The van der Waals surface area contributed by atoms with Gasteiger partial charge in [0, 0.05) is 38.9 Å². The van der Waals surface area contributed by atoms with Crippen LogP contribution >= 0.6 is 0 Å². The van der Waals surface area contributed by atoms with Crippen molar-refractivity contribution < 1.29 is 23.4 Å². The quantitative estimate of drug-likeness (QED) is 0.815. The lowest BCUT2D eigenvalue weighted by Gasteiger charge is -2.43. The van der Waals surface area contributed by atoms with Crippen LogP contribution in [0.15, 0.2) is 23.0 Å². The van der Waals surface area contributed by atoms with Gasteiger partial charge >= 0.3 is 0 Å². The first-order valence-corrected chi connectivity index (χ1v) is 9.08. The van der Waals surface area contributed by atoms with Gasteiger partial charge in [-0.2, -0.15) is 0 Å². The maximum atomic E-state index is 12.3. The summed E-state index contributed by atoms with van der Waals surface area (Å²) < 4.78 is 22.5. The van der Waals surface area contributed by atoms with E-state index in [-0.39, 0.29) is 12.5 Å². The van der Waals surface area contributed by atoms with Crippen LogP contribution in [0.3, 0.4) is 0 Å². The number of hydrogen-bond acceptors (Lipinski definition) is 6. The molecule has 0 radical (unpaired) electrons. The van der Waals surface area contributed by atoms with Gasteiger partial charge in [-0.25, -0.2) is 0 Å². The number of carbonyl (C=O) groups is 1. The molecule has 3 aliphatic heterocycles. The highest BCUT2D eigenvalue weighted by molar-refractivity contribution is 5.95. The molecule has 1 amide bonds. The van der Waals surface area contributed by atoms with Gasteiger partial charge in [-0.05, 0) is 18.8 Å². The van der Waals surface area contributed by atoms with Gasteiger partial charge in [0.1, 0.15) is 18.5 Å². The lowest BCUT2D eigenvalue weighted by Crippen LogP contribution is -2.61. The van der Waals surface area contributed by atoms with E-state index in [0.717, 1.165) is 51.4 Å². The van der Waals surface area contributed by atoms with Crippen LogP contribution in [0.5, 0.6) is 0 Å². The Hall–Kier alpha value is -1.41. The normalized spacial score (nSPS) is 29.9. The fourth-order valence-electron chi connectivity index (χ4n) is 3.98. The predicted molar refractivity (Wildman–Crippen MR) is 90.5 cm³/mol. The molecule has 3 aliphatic rings. The minimum absolute atomic E-state index is 0.0350. The van der Waals surface area contributed by atoms with Gasteiger partial charge in [0.2, 0.25) is 0 Å². The number of furan rings is 1. The van der Waals surface area contributed by atoms with Crippen LogP contribution in [0.2, 0.25) is 0 Å². The van der Waals surface area contributed by atoms with Crippen LogP contribution in [0.1, 0.15) is 12.8 Å². The van der Waals surface area contributed by atoms with Crippen molar-refractivity contribution in [3.8, 4) is 0 Å². The zero-order valence-corrected chi connectivity index (χ0v) is 14.5. The molecule has 0 aliphatic carbocycles. The summed E-state index contributed by atoms with van der Waals surface area (Å²) in [6.45, 7) is 6.24. The molecule has 1 aromatic rings. The van der Waals surface area contributed by atoms with Crippen LogP contribution in [0.25, 0.3) is 0 Å². The van der Waals surface area contributed by atoms with E-state index >= 15 is 0 Å². The third-order valence-corrected chi connectivity index (χ3v) is 5.35. The molecule has 1 spiro atoms. The molecule has 0 aromatic carbocycles. The smallest absolute Gasteiger partial charge is 0.253 e. The molecule has 0 N–H and O–H groups in total. The highest BCUT2D eigenvalue weighted by Crippen LogP contribution is 2.28. The van der Waals surface area contributed by atoms with Crippen molar-refractivity contribution in [1.29, 1.82) is 0 Å². The Morgan fingerprint density at radius 1 is 1.16 bits per heavy atom. The van der Waals surface area contributed by atoms with E-state index in [1.807, 2.05) is 6.07 Å². The number of morpholine rings is 1. The lowest BCUT2D eigenvalue weighted by atomic mass is 9.97. The topological polar surface area (TPSA) is 64.4 Å². The molecule has 25 heavy (non-hydrogen) atoms. The van der Waals surface area contributed by atoms with Crippen molar-refractivity contribution in [2.75, 3.05) is 64.1 Å². The van der Waals surface area contributed by atoms with E-state index in [0.29, 0.717) is 25.7 Å². The Kier molecular flexibility index (Phi) is 5.08. The summed E-state index contributed by atoms with van der Waals surface area (Å²) in [5, 5.41) is 0. The molecule has 4 rings (SSSR count). The number of hydrogen-bond donors (Lipinski definition) is 0. The van der Waals surface area contributed by atoms with E-state index < -0.39 is 5.60 Å². The second kappa shape index (κ2) is 7.45. The number of nitrogens with zero attached hydrogens (tertiary/aromatic N) is 2. The van der Waals surface area contributed by atoms with E-state index in [1.165, 1.54) is 0 Å². The Labute approximate surface area is 147 Å². The van der Waals surface area contributed by atoms with Gasteiger partial charge < -0.3 is 23.5 Å². The van der Waals surface area contributed by atoms with Gasteiger partial charge in [0.05, 0.1) is 31.7 Å². The molecule has 1 unspecified atom stereocenters. The number of ether oxygens (including phenoxy) is 3. The zero-order valence-electron chi connectivity index (χ0n) is 14.5. The molecule has 0 saturated carbocycles. The number of rotatable bonds is 3. The lowest BCUT2D eigenvalue weighted by molar-refractivity contribution is -0.146. The Morgan fingerprint density at radius 3 is 2.84 bits per heavy atom. The van der Waals surface area contributed by atoms with Gasteiger partial charge in [0.15, 0.2) is 0 Å². The van der Waals surface area contributed by atoms with Crippen LogP contribution in [0, 0.1) is 5.92 Å². The van der Waals surface area contributed by atoms with E-state index in [2.05, 4.69) is 4.90 Å². The molecule has 7 nitrogen and oxygen atoms in total. The summed E-state index contributed by atoms with van der Waals surface area (Å²) in [6, 6.07) is 1.81. The zero-order chi connectivity index (χ0) is 17.1. The minimum atomic E-state index is -0.479. The largest absolute Gasteiger partial charge is 0.470 e. The SMILES string of the molecule is O=C1COC2(COCCN(CC3CCOCC3)C2)CN1c1ccoc1. The van der Waals surface area contributed by atoms with Gasteiger partial charge in [-0.15, -0.1) is 0 Å². The second-order valence-electron chi connectivity index (χ2n) is 7.28. The van der Waals surface area contributed by atoms with Crippen molar-refractivity contribution in [2.24, 2.45) is 5.92 Å². The first kappa shape index (κ1) is 17.0. The van der Waals surface area contributed by atoms with Crippen molar-refractivity contribution in [1.82, 2.24) is 4.90 Å². The average Bonchev–Trinajstić information content (AvgIpc) is 3.09. The van der Waals surface area contributed by atoms with E-state index in [9.17, 15) is 4.79 Å². The molecule has 4 heterocycles. The molecule has 3 saturated heterocycles. The summed E-state index contributed by atoms with van der Waals surface area (Å²) in [5.41, 5.74) is 0.306. The third-order valence-electron chi connectivity index (χ3n) is 5.35. The molecular weight excluding hydrogens is 324 g/mol. The highest BCUT2D eigenvalue weighted by atomic mass is 16.6. The van der Waals surface area contributed by atoms with Gasteiger partial charge in [-0.3, -0.25) is 9.69 Å². The summed E-state index contributed by atoms with van der Waals surface area (Å²) >= 11 is 0. The number of carbonyl (C=O) groups excluding carboxylic acids is 1. The monoisotopic (exact) mass is 350 g/mol. The molecule has 138 valence electrons. The van der Waals surface area contributed by atoms with Crippen LogP contribution in [-0.4, -0.2) is 75.6 Å². The second-order valence-corrected chi connectivity index (χ2v) is 7.28. The summed E-state index contributed by atoms with van der Waals surface area (Å²) in [5.74, 6) is 0.631. The van der Waals surface area contributed by atoms with Crippen molar-refractivity contribution >= 4 is 11.6 Å². The van der Waals surface area contributed by atoms with Crippen molar-refractivity contribution in [3.63, 3.8) is 0 Å². The standard InChI is InChI=1S/C18H26N2O5/c21-17-11-25-18(13-20(17)16-3-7-23-10-16)12-19(4-8-24-14-18)9-15-1-5-22-6-2-15/h3,7,10,15H,1-2,4-6,8-9,11-14H2. The minimum Gasteiger partial charge on any atom is -0.470 e. The average molecular weight is 350 g/mol. The number of amides is 1.